The van der Waals surface area contributed by atoms with Gasteiger partial charge in [-0.25, -0.2) is 4.98 Å². The number of aromatic nitrogens is 2. The Kier molecular flexibility index (Phi) is 3.19. The number of aryl methyl sites for hydroxylation is 1. The summed E-state index contributed by atoms with van der Waals surface area (Å²) in [4.78, 5) is 16.4. The van der Waals surface area contributed by atoms with Crippen LogP contribution in [0.1, 0.15) is 24.2 Å². The largest absolute Gasteiger partial charge is 0.352 e. The van der Waals surface area contributed by atoms with Gasteiger partial charge in [-0.05, 0) is 37.5 Å². The van der Waals surface area contributed by atoms with E-state index in [1.54, 1.807) is 0 Å². The molecular formula is C14H16ClN3O. The van der Waals surface area contributed by atoms with Crippen LogP contribution in [0.5, 0.6) is 0 Å². The van der Waals surface area contributed by atoms with Crippen molar-refractivity contribution in [2.45, 2.75) is 38.2 Å². The van der Waals surface area contributed by atoms with Gasteiger partial charge in [-0.3, -0.25) is 4.79 Å². The number of halogens is 1. The van der Waals surface area contributed by atoms with E-state index in [0.717, 1.165) is 35.3 Å². The van der Waals surface area contributed by atoms with Gasteiger partial charge in [0.25, 0.3) is 0 Å². The van der Waals surface area contributed by atoms with Crippen LogP contribution < -0.4 is 5.32 Å². The van der Waals surface area contributed by atoms with Crippen LogP contribution in [0.3, 0.4) is 0 Å². The number of fused-ring (bicyclic) bond motifs is 1. The summed E-state index contributed by atoms with van der Waals surface area (Å²) in [5.74, 6) is 1.09. The zero-order valence-corrected chi connectivity index (χ0v) is 11.6. The van der Waals surface area contributed by atoms with Crippen LogP contribution in [0, 0.1) is 6.92 Å². The summed E-state index contributed by atoms with van der Waals surface area (Å²) in [5, 5.41) is 2.99. The number of carbonyl (C=O) groups excluding carboxylic acids is 1. The van der Waals surface area contributed by atoms with E-state index in [0.29, 0.717) is 11.9 Å². The standard InChI is InChI=1S/C14H16ClN3O/c1-9-2-5-12-11(6-9)17-13(7-15)18(12)8-14(19)16-10-3-4-10/h2,5-6,10H,3-4,7-8H2,1H3,(H,16,19). The molecule has 1 aliphatic rings. The van der Waals surface area contributed by atoms with Crippen molar-refractivity contribution in [3.05, 3.63) is 29.6 Å². The molecule has 0 atom stereocenters. The van der Waals surface area contributed by atoms with Gasteiger partial charge in [-0.2, -0.15) is 0 Å². The molecule has 0 saturated heterocycles. The Balaban J connectivity index is 1.93. The lowest BCUT2D eigenvalue weighted by Gasteiger charge is -2.08. The molecule has 19 heavy (non-hydrogen) atoms. The minimum atomic E-state index is 0.0359. The van der Waals surface area contributed by atoms with Crippen LogP contribution in [-0.4, -0.2) is 21.5 Å². The lowest BCUT2D eigenvalue weighted by atomic mass is 10.2. The normalized spacial score (nSPS) is 14.8. The summed E-state index contributed by atoms with van der Waals surface area (Å²) in [6.07, 6.45) is 2.19. The van der Waals surface area contributed by atoms with Crippen LogP contribution in [0.15, 0.2) is 18.2 Å². The molecule has 0 aliphatic heterocycles. The van der Waals surface area contributed by atoms with E-state index in [-0.39, 0.29) is 12.5 Å². The van der Waals surface area contributed by atoms with Gasteiger partial charge < -0.3 is 9.88 Å². The third-order valence-electron chi connectivity index (χ3n) is 3.35. The number of benzene rings is 1. The lowest BCUT2D eigenvalue weighted by molar-refractivity contribution is -0.121. The van der Waals surface area contributed by atoms with E-state index in [1.165, 1.54) is 0 Å². The Bertz CT molecular complexity index is 631. The molecule has 1 fully saturated rings. The first-order valence-electron chi connectivity index (χ1n) is 6.48. The average molecular weight is 278 g/mol. The smallest absolute Gasteiger partial charge is 0.240 e. The van der Waals surface area contributed by atoms with Crippen molar-refractivity contribution in [1.82, 2.24) is 14.9 Å². The minimum absolute atomic E-state index is 0.0359. The van der Waals surface area contributed by atoms with Gasteiger partial charge in [0.2, 0.25) is 5.91 Å². The quantitative estimate of drug-likeness (QED) is 0.872. The fourth-order valence-electron chi connectivity index (χ4n) is 2.21. The number of hydrogen-bond donors (Lipinski definition) is 1. The zero-order valence-electron chi connectivity index (χ0n) is 10.8. The maximum atomic E-state index is 11.9. The second-order valence-electron chi connectivity index (χ2n) is 5.08. The van der Waals surface area contributed by atoms with Crippen molar-refractivity contribution in [2.75, 3.05) is 0 Å². The van der Waals surface area contributed by atoms with Crippen molar-refractivity contribution in [2.24, 2.45) is 0 Å². The van der Waals surface area contributed by atoms with Crippen molar-refractivity contribution >= 4 is 28.5 Å². The summed E-state index contributed by atoms with van der Waals surface area (Å²) in [6, 6.07) is 6.42. The molecule has 0 spiro atoms. The Morgan fingerprint density at radius 2 is 2.32 bits per heavy atom. The van der Waals surface area contributed by atoms with Gasteiger partial charge in [-0.15, -0.1) is 11.6 Å². The second-order valence-corrected chi connectivity index (χ2v) is 5.35. The fraction of sp³-hybridized carbons (Fsp3) is 0.429. The molecule has 1 aromatic heterocycles. The maximum Gasteiger partial charge on any atom is 0.240 e. The molecular weight excluding hydrogens is 262 g/mol. The molecule has 0 radical (unpaired) electrons. The molecule has 2 aromatic rings. The molecule has 4 nitrogen and oxygen atoms in total. The summed E-state index contributed by atoms with van der Waals surface area (Å²) in [7, 11) is 0. The van der Waals surface area contributed by atoms with Gasteiger partial charge in [0.15, 0.2) is 0 Å². The Morgan fingerprint density at radius 3 is 3.00 bits per heavy atom. The number of nitrogens with one attached hydrogen (secondary N) is 1. The first-order chi connectivity index (χ1) is 9.17. The lowest BCUT2D eigenvalue weighted by Crippen LogP contribution is -2.29. The second kappa shape index (κ2) is 4.85. The van der Waals surface area contributed by atoms with E-state index in [4.69, 9.17) is 11.6 Å². The molecule has 0 unspecified atom stereocenters. The van der Waals surface area contributed by atoms with Crippen LogP contribution >= 0.6 is 11.6 Å². The summed E-state index contributed by atoms with van der Waals surface area (Å²) in [6.45, 7) is 2.32. The molecule has 1 saturated carbocycles. The molecule has 100 valence electrons. The Morgan fingerprint density at radius 1 is 1.53 bits per heavy atom. The molecule has 1 amide bonds. The van der Waals surface area contributed by atoms with E-state index in [2.05, 4.69) is 10.3 Å². The van der Waals surface area contributed by atoms with Crippen LogP contribution in [0.2, 0.25) is 0 Å². The highest BCUT2D eigenvalue weighted by molar-refractivity contribution is 6.16. The van der Waals surface area contributed by atoms with Gasteiger partial charge in [0.05, 0.1) is 16.9 Å². The predicted octanol–water partition coefficient (Wildman–Crippen LogP) is 2.36. The van der Waals surface area contributed by atoms with Crippen molar-refractivity contribution < 1.29 is 4.79 Å². The Hall–Kier alpha value is -1.55. The number of nitrogens with zero attached hydrogens (tertiary/aromatic N) is 2. The molecule has 5 heteroatoms. The number of amides is 1. The predicted molar refractivity (Wildman–Crippen MR) is 75.2 cm³/mol. The highest BCUT2D eigenvalue weighted by Gasteiger charge is 2.24. The number of imidazole rings is 1. The highest BCUT2D eigenvalue weighted by Crippen LogP contribution is 2.21. The highest BCUT2D eigenvalue weighted by atomic mass is 35.5. The van der Waals surface area contributed by atoms with Gasteiger partial charge in [0, 0.05) is 6.04 Å². The summed E-state index contributed by atoms with van der Waals surface area (Å²) < 4.78 is 1.90. The van der Waals surface area contributed by atoms with Crippen molar-refractivity contribution in [3.8, 4) is 0 Å². The molecule has 1 aliphatic carbocycles. The topological polar surface area (TPSA) is 46.9 Å². The van der Waals surface area contributed by atoms with Gasteiger partial charge >= 0.3 is 0 Å². The third kappa shape index (κ3) is 2.59. The average Bonchev–Trinajstić information content (AvgIpc) is 3.11. The summed E-state index contributed by atoms with van der Waals surface area (Å²) >= 11 is 5.93. The first kappa shape index (κ1) is 12.5. The SMILES string of the molecule is Cc1ccc2c(c1)nc(CCl)n2CC(=O)NC1CC1. The van der Waals surface area contributed by atoms with Crippen LogP contribution in [-0.2, 0) is 17.2 Å². The van der Waals surface area contributed by atoms with Crippen molar-refractivity contribution in [1.29, 1.82) is 0 Å². The van der Waals surface area contributed by atoms with Gasteiger partial charge in [-0.1, -0.05) is 6.07 Å². The van der Waals surface area contributed by atoms with Crippen LogP contribution in [0.4, 0.5) is 0 Å². The third-order valence-corrected chi connectivity index (χ3v) is 3.59. The van der Waals surface area contributed by atoms with E-state index in [1.807, 2.05) is 29.7 Å². The fourth-order valence-corrected chi connectivity index (χ4v) is 2.42. The number of rotatable bonds is 4. The molecule has 3 rings (SSSR count). The Labute approximate surface area is 116 Å². The molecule has 1 aromatic carbocycles. The number of alkyl halides is 1. The number of carbonyl (C=O) groups is 1. The molecule has 1 heterocycles. The number of hydrogen-bond acceptors (Lipinski definition) is 2. The monoisotopic (exact) mass is 277 g/mol. The van der Waals surface area contributed by atoms with Crippen molar-refractivity contribution in [3.63, 3.8) is 0 Å². The van der Waals surface area contributed by atoms with Crippen LogP contribution in [0.25, 0.3) is 11.0 Å². The zero-order chi connectivity index (χ0) is 13.4. The molecule has 0 bridgehead atoms. The van der Waals surface area contributed by atoms with E-state index >= 15 is 0 Å². The molecule has 1 N–H and O–H groups in total. The first-order valence-corrected chi connectivity index (χ1v) is 7.02. The van der Waals surface area contributed by atoms with Gasteiger partial charge in [0.1, 0.15) is 12.4 Å². The summed E-state index contributed by atoms with van der Waals surface area (Å²) in [5.41, 5.74) is 3.02. The minimum Gasteiger partial charge on any atom is -0.352 e. The van der Waals surface area contributed by atoms with E-state index in [9.17, 15) is 4.79 Å². The maximum absolute atomic E-state index is 11.9. The van der Waals surface area contributed by atoms with E-state index < -0.39 is 0 Å².